The average Bonchev–Trinajstić information content (AvgIpc) is 3.15. The van der Waals surface area contributed by atoms with Crippen LogP contribution in [-0.2, 0) is 4.74 Å². The van der Waals surface area contributed by atoms with Crippen molar-refractivity contribution in [2.45, 2.75) is 18.1 Å². The van der Waals surface area contributed by atoms with Crippen LogP contribution in [-0.4, -0.2) is 43.0 Å². The van der Waals surface area contributed by atoms with Crippen LogP contribution in [0, 0.1) is 0 Å². The smallest absolute Gasteiger partial charge is 0.407 e. The zero-order valence-corrected chi connectivity index (χ0v) is 13.2. The number of carbonyl (C=O) groups is 1. The summed E-state index contributed by atoms with van der Waals surface area (Å²) in [5.41, 5.74) is 4.79. The minimum absolute atomic E-state index is 0.0507. The SMILES string of the molecule is O=C(N[C@@H]1CNC[C@H]1O)OCC1c2ccccc2-c2ccccc21. The first-order valence-electron chi connectivity index (χ1n) is 8.24. The van der Waals surface area contributed by atoms with E-state index in [4.69, 9.17) is 4.74 Å². The number of amides is 1. The number of β-amino-alcohol motifs (C(OH)–C–C–N with tert-alkyl or cyclic N) is 1. The van der Waals surface area contributed by atoms with Gasteiger partial charge in [-0.05, 0) is 22.3 Å². The fraction of sp³-hybridized carbons (Fsp3) is 0.316. The second-order valence-electron chi connectivity index (χ2n) is 6.30. The molecule has 0 spiro atoms. The lowest BCUT2D eigenvalue weighted by atomic mass is 9.98. The Balaban J connectivity index is 1.47. The van der Waals surface area contributed by atoms with Crippen molar-refractivity contribution in [3.05, 3.63) is 59.7 Å². The van der Waals surface area contributed by atoms with Crippen molar-refractivity contribution in [3.8, 4) is 11.1 Å². The van der Waals surface area contributed by atoms with Crippen LogP contribution < -0.4 is 10.6 Å². The van der Waals surface area contributed by atoms with Crippen LogP contribution in [0.1, 0.15) is 17.0 Å². The number of ether oxygens (including phenoxy) is 1. The summed E-state index contributed by atoms with van der Waals surface area (Å²) in [6.07, 6.45) is -1.05. The lowest BCUT2D eigenvalue weighted by molar-refractivity contribution is 0.121. The van der Waals surface area contributed by atoms with Gasteiger partial charge in [0.15, 0.2) is 0 Å². The third-order valence-corrected chi connectivity index (χ3v) is 4.83. The molecule has 1 aliphatic carbocycles. The van der Waals surface area contributed by atoms with E-state index in [-0.39, 0.29) is 18.6 Å². The number of hydrogen-bond acceptors (Lipinski definition) is 4. The van der Waals surface area contributed by atoms with Gasteiger partial charge >= 0.3 is 6.09 Å². The maximum absolute atomic E-state index is 12.1. The first-order valence-corrected chi connectivity index (χ1v) is 8.24. The predicted octanol–water partition coefficient (Wildman–Crippen LogP) is 1.86. The van der Waals surface area contributed by atoms with E-state index in [1.807, 2.05) is 24.3 Å². The van der Waals surface area contributed by atoms with Crippen molar-refractivity contribution in [1.29, 1.82) is 0 Å². The summed E-state index contributed by atoms with van der Waals surface area (Å²) in [4.78, 5) is 12.1. The van der Waals surface area contributed by atoms with Crippen LogP contribution in [0.25, 0.3) is 11.1 Å². The second-order valence-corrected chi connectivity index (χ2v) is 6.30. The molecule has 1 saturated heterocycles. The van der Waals surface area contributed by atoms with E-state index in [0.717, 1.165) is 0 Å². The van der Waals surface area contributed by atoms with E-state index in [9.17, 15) is 9.90 Å². The van der Waals surface area contributed by atoms with Gasteiger partial charge in [0, 0.05) is 19.0 Å². The summed E-state index contributed by atoms with van der Waals surface area (Å²) in [6.45, 7) is 1.34. The third kappa shape index (κ3) is 2.66. The number of benzene rings is 2. The summed E-state index contributed by atoms with van der Waals surface area (Å²) in [5, 5.41) is 15.5. The van der Waals surface area contributed by atoms with E-state index in [1.165, 1.54) is 22.3 Å². The van der Waals surface area contributed by atoms with Crippen molar-refractivity contribution >= 4 is 6.09 Å². The highest BCUT2D eigenvalue weighted by molar-refractivity contribution is 5.79. The molecule has 1 amide bonds. The molecule has 124 valence electrons. The molecule has 0 unspecified atom stereocenters. The molecule has 1 aliphatic heterocycles. The molecule has 1 heterocycles. The number of aliphatic hydroxyl groups excluding tert-OH is 1. The Hall–Kier alpha value is -2.37. The highest BCUT2D eigenvalue weighted by atomic mass is 16.5. The second kappa shape index (κ2) is 6.26. The van der Waals surface area contributed by atoms with Gasteiger partial charge in [-0.25, -0.2) is 4.79 Å². The minimum Gasteiger partial charge on any atom is -0.449 e. The van der Waals surface area contributed by atoms with Crippen LogP contribution in [0.2, 0.25) is 0 Å². The van der Waals surface area contributed by atoms with Crippen LogP contribution in [0.15, 0.2) is 48.5 Å². The zero-order chi connectivity index (χ0) is 16.5. The summed E-state index contributed by atoms with van der Waals surface area (Å²) in [5.74, 6) is 0.0507. The average molecular weight is 324 g/mol. The van der Waals surface area contributed by atoms with Crippen molar-refractivity contribution in [2.24, 2.45) is 0 Å². The number of aliphatic hydroxyl groups is 1. The number of carbonyl (C=O) groups excluding carboxylic acids is 1. The zero-order valence-electron chi connectivity index (χ0n) is 13.2. The molecule has 3 N–H and O–H groups in total. The van der Waals surface area contributed by atoms with Gasteiger partial charge in [0.1, 0.15) is 6.61 Å². The molecule has 5 heteroatoms. The van der Waals surface area contributed by atoms with Gasteiger partial charge in [-0.15, -0.1) is 0 Å². The molecular formula is C19H20N2O3. The first-order chi connectivity index (χ1) is 11.7. The molecule has 2 atom stereocenters. The third-order valence-electron chi connectivity index (χ3n) is 4.83. The van der Waals surface area contributed by atoms with Crippen molar-refractivity contribution in [2.75, 3.05) is 19.7 Å². The molecule has 5 nitrogen and oxygen atoms in total. The van der Waals surface area contributed by atoms with Crippen LogP contribution in [0.5, 0.6) is 0 Å². The molecule has 4 rings (SSSR count). The molecular weight excluding hydrogens is 304 g/mol. The van der Waals surface area contributed by atoms with Crippen molar-refractivity contribution in [3.63, 3.8) is 0 Å². The van der Waals surface area contributed by atoms with Gasteiger partial charge in [-0.2, -0.15) is 0 Å². The maximum Gasteiger partial charge on any atom is 0.407 e. The Morgan fingerprint density at radius 2 is 1.71 bits per heavy atom. The van der Waals surface area contributed by atoms with Gasteiger partial charge in [-0.3, -0.25) is 0 Å². The van der Waals surface area contributed by atoms with Gasteiger partial charge in [0.05, 0.1) is 12.1 Å². The van der Waals surface area contributed by atoms with Crippen LogP contribution in [0.4, 0.5) is 4.79 Å². The minimum atomic E-state index is -0.564. The number of alkyl carbamates (subject to hydrolysis) is 1. The quantitative estimate of drug-likeness (QED) is 0.806. The number of hydrogen-bond donors (Lipinski definition) is 3. The number of fused-ring (bicyclic) bond motifs is 3. The Morgan fingerprint density at radius 3 is 2.29 bits per heavy atom. The number of nitrogens with one attached hydrogen (secondary N) is 2. The molecule has 24 heavy (non-hydrogen) atoms. The summed E-state index contributed by atoms with van der Waals surface area (Å²) < 4.78 is 5.46. The predicted molar refractivity (Wildman–Crippen MR) is 90.9 cm³/mol. The van der Waals surface area contributed by atoms with E-state index in [2.05, 4.69) is 34.9 Å². The Labute approximate surface area is 140 Å². The fourth-order valence-corrected chi connectivity index (χ4v) is 3.60. The summed E-state index contributed by atoms with van der Waals surface area (Å²) in [6, 6.07) is 16.2. The van der Waals surface area contributed by atoms with E-state index in [1.54, 1.807) is 0 Å². The van der Waals surface area contributed by atoms with E-state index >= 15 is 0 Å². The van der Waals surface area contributed by atoms with Crippen LogP contribution in [0.3, 0.4) is 0 Å². The fourth-order valence-electron chi connectivity index (χ4n) is 3.60. The molecule has 0 saturated carbocycles. The Kier molecular flexibility index (Phi) is 3.96. The topological polar surface area (TPSA) is 70.6 Å². The van der Waals surface area contributed by atoms with E-state index in [0.29, 0.717) is 13.1 Å². The van der Waals surface area contributed by atoms with Crippen molar-refractivity contribution in [1.82, 2.24) is 10.6 Å². The van der Waals surface area contributed by atoms with Gasteiger partial charge in [0.25, 0.3) is 0 Å². The van der Waals surface area contributed by atoms with Crippen LogP contribution >= 0.6 is 0 Å². The molecule has 2 aromatic rings. The Morgan fingerprint density at radius 1 is 1.08 bits per heavy atom. The lowest BCUT2D eigenvalue weighted by Crippen LogP contribution is -2.43. The first kappa shape index (κ1) is 15.2. The van der Waals surface area contributed by atoms with E-state index < -0.39 is 12.2 Å². The maximum atomic E-state index is 12.1. The molecule has 0 radical (unpaired) electrons. The Bertz CT molecular complexity index is 716. The standard InChI is InChI=1S/C19H20N2O3/c22-18-10-20-9-17(18)21-19(23)24-11-16-14-7-3-1-5-12(14)13-6-2-4-8-15(13)16/h1-8,16-18,20,22H,9-11H2,(H,21,23)/t17-,18-/m1/s1. The monoisotopic (exact) mass is 324 g/mol. The van der Waals surface area contributed by atoms with Gasteiger partial charge in [-0.1, -0.05) is 48.5 Å². The molecule has 1 fully saturated rings. The van der Waals surface area contributed by atoms with Crippen molar-refractivity contribution < 1.29 is 14.6 Å². The summed E-state index contributed by atoms with van der Waals surface area (Å²) in [7, 11) is 0. The normalized spacial score (nSPS) is 22.0. The highest BCUT2D eigenvalue weighted by Crippen LogP contribution is 2.44. The number of rotatable bonds is 3. The largest absolute Gasteiger partial charge is 0.449 e. The molecule has 2 aliphatic rings. The summed E-state index contributed by atoms with van der Waals surface area (Å²) >= 11 is 0. The molecule has 0 bridgehead atoms. The molecule has 2 aromatic carbocycles. The molecule has 0 aromatic heterocycles. The lowest BCUT2D eigenvalue weighted by Gasteiger charge is -2.18. The highest BCUT2D eigenvalue weighted by Gasteiger charge is 2.30. The van der Waals surface area contributed by atoms with Gasteiger partial charge < -0.3 is 20.5 Å². The van der Waals surface area contributed by atoms with Gasteiger partial charge in [0.2, 0.25) is 0 Å².